The third-order valence-electron chi connectivity index (χ3n) is 8.39. The van der Waals surface area contributed by atoms with Gasteiger partial charge in [-0.1, -0.05) is 29.3 Å². The van der Waals surface area contributed by atoms with Crippen LogP contribution in [0.1, 0.15) is 39.3 Å². The van der Waals surface area contributed by atoms with Gasteiger partial charge in [-0.3, -0.25) is 0 Å². The highest BCUT2D eigenvalue weighted by Crippen LogP contribution is 2.42. The molecule has 5 aromatic rings. The number of benzene rings is 3. The summed E-state index contributed by atoms with van der Waals surface area (Å²) in [5.41, 5.74) is 3.24. The number of aromatic carboxylic acids is 1. The molecule has 7 rings (SSSR count). The van der Waals surface area contributed by atoms with E-state index >= 15 is 4.39 Å². The van der Waals surface area contributed by atoms with Gasteiger partial charge in [0, 0.05) is 46.7 Å². The Morgan fingerprint density at radius 2 is 1.91 bits per heavy atom. The van der Waals surface area contributed by atoms with Crippen molar-refractivity contribution in [2.75, 3.05) is 20.3 Å². The number of methoxy groups -OCH3 is 1. The van der Waals surface area contributed by atoms with Crippen molar-refractivity contribution in [2.24, 2.45) is 0 Å². The average molecular weight is 683 g/mol. The van der Waals surface area contributed by atoms with Crippen molar-refractivity contribution < 1.29 is 37.6 Å². The molecular weight excluding hydrogens is 655 g/mol. The van der Waals surface area contributed by atoms with Crippen LogP contribution in [0.5, 0.6) is 17.4 Å². The topological polar surface area (TPSA) is 105 Å². The molecule has 47 heavy (non-hydrogen) atoms. The first kappa shape index (κ1) is 31.2. The predicted octanol–water partition coefficient (Wildman–Crippen LogP) is 7.28. The SMILES string of the molecule is COc1cc(C(=O)O)cc2c1nc(Cc1c(F)cc(-c3ccc(Cl)c(OCc4ccc(Cl)cc4F)n3)c3c1CCO3)n2C[C@@H]1CCO1. The van der Waals surface area contributed by atoms with E-state index in [2.05, 4.69) is 4.98 Å². The van der Waals surface area contributed by atoms with Crippen LogP contribution in [-0.4, -0.2) is 52.0 Å². The van der Waals surface area contributed by atoms with Gasteiger partial charge in [-0.15, -0.1) is 0 Å². The summed E-state index contributed by atoms with van der Waals surface area (Å²) >= 11 is 12.2. The molecule has 0 spiro atoms. The lowest BCUT2D eigenvalue weighted by Gasteiger charge is -2.27. The largest absolute Gasteiger partial charge is 0.494 e. The molecule has 0 unspecified atom stereocenters. The summed E-state index contributed by atoms with van der Waals surface area (Å²) in [7, 11) is 1.45. The molecule has 4 heterocycles. The van der Waals surface area contributed by atoms with E-state index in [0.717, 1.165) is 6.42 Å². The summed E-state index contributed by atoms with van der Waals surface area (Å²) in [6.07, 6.45) is 1.34. The number of pyridine rings is 1. The molecule has 9 nitrogen and oxygen atoms in total. The Morgan fingerprint density at radius 3 is 2.64 bits per heavy atom. The number of hydrogen-bond donors (Lipinski definition) is 1. The second-order valence-corrected chi connectivity index (χ2v) is 12.1. The van der Waals surface area contributed by atoms with E-state index in [1.54, 1.807) is 24.3 Å². The Kier molecular flexibility index (Phi) is 8.37. The molecule has 2 aliphatic heterocycles. The van der Waals surface area contributed by atoms with Crippen LogP contribution in [0.2, 0.25) is 10.0 Å². The van der Waals surface area contributed by atoms with Gasteiger partial charge in [0.2, 0.25) is 5.88 Å². The minimum absolute atomic E-state index is 0.0522. The standard InChI is InChI=1S/C34H27Cl2F2N3O6/c1-44-29-11-18(34(42)43)10-28-31(29)40-30(41(28)15-20-6-8-45-20)14-22-21-7-9-46-32(21)23(13-26(22)38)27-5-4-24(36)33(39-27)47-16-17-2-3-19(35)12-25(17)37/h2-5,10-13,20H,6-9,14-16H2,1H3,(H,42,43)/t20-/m0/s1. The number of nitrogens with zero attached hydrogens (tertiary/aromatic N) is 3. The molecule has 3 aromatic carbocycles. The molecule has 1 N–H and O–H groups in total. The van der Waals surface area contributed by atoms with Crippen LogP contribution < -0.4 is 14.2 Å². The van der Waals surface area contributed by atoms with Crippen molar-refractivity contribution in [3.63, 3.8) is 0 Å². The highest BCUT2D eigenvalue weighted by molar-refractivity contribution is 6.32. The Bertz CT molecular complexity index is 2050. The van der Waals surface area contributed by atoms with Gasteiger partial charge in [0.15, 0.2) is 0 Å². The first-order chi connectivity index (χ1) is 22.7. The van der Waals surface area contributed by atoms with Crippen molar-refractivity contribution in [1.82, 2.24) is 14.5 Å². The van der Waals surface area contributed by atoms with Gasteiger partial charge in [0.05, 0.1) is 43.1 Å². The number of fused-ring (bicyclic) bond motifs is 2. The average Bonchev–Trinajstić information content (AvgIpc) is 3.65. The summed E-state index contributed by atoms with van der Waals surface area (Å²) in [6, 6.07) is 11.8. The minimum Gasteiger partial charge on any atom is -0.494 e. The smallest absolute Gasteiger partial charge is 0.335 e. The molecule has 0 bridgehead atoms. The normalized spacial score (nSPS) is 15.3. The van der Waals surface area contributed by atoms with Crippen LogP contribution in [0.3, 0.4) is 0 Å². The summed E-state index contributed by atoms with van der Waals surface area (Å²) in [5, 5.41) is 10.2. The van der Waals surface area contributed by atoms with E-state index in [1.165, 1.54) is 31.4 Å². The molecule has 13 heteroatoms. The molecule has 0 radical (unpaired) electrons. The molecule has 0 amide bonds. The van der Waals surface area contributed by atoms with Gasteiger partial charge < -0.3 is 28.6 Å². The Hall–Kier alpha value is -4.45. The van der Waals surface area contributed by atoms with Crippen molar-refractivity contribution in [2.45, 2.75) is 38.5 Å². The lowest BCUT2D eigenvalue weighted by Crippen LogP contribution is -2.31. The van der Waals surface area contributed by atoms with E-state index in [-0.39, 0.29) is 46.2 Å². The van der Waals surface area contributed by atoms with Gasteiger partial charge >= 0.3 is 5.97 Å². The van der Waals surface area contributed by atoms with Crippen molar-refractivity contribution in [3.8, 4) is 28.6 Å². The number of carboxylic acid groups (broad SMARTS) is 1. The number of rotatable bonds is 10. The third-order valence-corrected chi connectivity index (χ3v) is 8.91. The summed E-state index contributed by atoms with van der Waals surface area (Å²) in [6.45, 7) is 1.26. The fourth-order valence-corrected chi connectivity index (χ4v) is 6.21. The molecule has 1 atom stereocenters. The van der Waals surface area contributed by atoms with Crippen molar-refractivity contribution in [3.05, 3.63) is 98.3 Å². The second-order valence-electron chi connectivity index (χ2n) is 11.2. The fraction of sp³-hybridized carbons (Fsp3) is 0.265. The van der Waals surface area contributed by atoms with E-state index < -0.39 is 17.6 Å². The highest BCUT2D eigenvalue weighted by atomic mass is 35.5. The van der Waals surface area contributed by atoms with Gasteiger partial charge in [0.1, 0.15) is 46.1 Å². The third kappa shape index (κ3) is 5.95. The number of aromatic nitrogens is 3. The van der Waals surface area contributed by atoms with Crippen LogP contribution in [-0.2, 0) is 30.7 Å². The molecule has 0 saturated carbocycles. The van der Waals surface area contributed by atoms with Crippen molar-refractivity contribution >= 4 is 40.2 Å². The first-order valence-corrected chi connectivity index (χ1v) is 15.6. The Morgan fingerprint density at radius 1 is 1.09 bits per heavy atom. The van der Waals surface area contributed by atoms with Crippen LogP contribution >= 0.6 is 23.2 Å². The fourth-order valence-electron chi connectivity index (χ4n) is 5.90. The molecule has 0 aliphatic carbocycles. The zero-order valence-corrected chi connectivity index (χ0v) is 26.5. The summed E-state index contributed by atoms with van der Waals surface area (Å²) in [4.78, 5) is 21.2. The predicted molar refractivity (Wildman–Crippen MR) is 170 cm³/mol. The lowest BCUT2D eigenvalue weighted by molar-refractivity contribution is -0.0589. The lowest BCUT2D eigenvalue weighted by atomic mass is 9.96. The Labute approximate surface area is 277 Å². The van der Waals surface area contributed by atoms with E-state index in [4.69, 9.17) is 47.1 Å². The number of halogens is 4. The van der Waals surface area contributed by atoms with Crippen LogP contribution in [0.25, 0.3) is 22.3 Å². The number of carbonyl (C=O) groups is 1. The minimum atomic E-state index is -1.10. The number of ether oxygens (including phenoxy) is 4. The molecule has 1 fully saturated rings. The van der Waals surface area contributed by atoms with Crippen LogP contribution in [0, 0.1) is 11.6 Å². The highest BCUT2D eigenvalue weighted by Gasteiger charge is 2.29. The molecule has 1 saturated heterocycles. The quantitative estimate of drug-likeness (QED) is 0.164. The molecular formula is C34H27Cl2F2N3O6. The van der Waals surface area contributed by atoms with Crippen LogP contribution in [0.4, 0.5) is 8.78 Å². The van der Waals surface area contributed by atoms with E-state index in [0.29, 0.717) is 76.9 Å². The van der Waals surface area contributed by atoms with Gasteiger partial charge in [-0.2, -0.15) is 0 Å². The van der Waals surface area contributed by atoms with Gasteiger partial charge in [-0.25, -0.2) is 23.5 Å². The second kappa shape index (κ2) is 12.6. The molecule has 2 aliphatic rings. The van der Waals surface area contributed by atoms with Gasteiger partial charge in [-0.05, 0) is 48.9 Å². The van der Waals surface area contributed by atoms with E-state index in [1.807, 2.05) is 4.57 Å². The summed E-state index contributed by atoms with van der Waals surface area (Å²) in [5.74, 6) is -0.724. The van der Waals surface area contributed by atoms with Crippen molar-refractivity contribution in [1.29, 1.82) is 0 Å². The van der Waals surface area contributed by atoms with Crippen LogP contribution in [0.15, 0.2) is 48.5 Å². The number of imidazole rings is 1. The van der Waals surface area contributed by atoms with E-state index in [9.17, 15) is 14.3 Å². The maximum Gasteiger partial charge on any atom is 0.335 e. The molecule has 2 aromatic heterocycles. The first-order valence-electron chi connectivity index (χ1n) is 14.8. The molecule has 242 valence electrons. The maximum atomic E-state index is 16.2. The van der Waals surface area contributed by atoms with Gasteiger partial charge in [0.25, 0.3) is 0 Å². The zero-order chi connectivity index (χ0) is 32.8. The maximum absolute atomic E-state index is 16.2. The monoisotopic (exact) mass is 681 g/mol. The Balaban J connectivity index is 1.25. The summed E-state index contributed by atoms with van der Waals surface area (Å²) < 4.78 is 55.4. The number of carboxylic acids is 1. The number of hydrogen-bond acceptors (Lipinski definition) is 7. The zero-order valence-electron chi connectivity index (χ0n) is 25.0.